The highest BCUT2D eigenvalue weighted by atomic mass is 19.4. The van der Waals surface area contributed by atoms with Gasteiger partial charge in [-0.15, -0.1) is 0 Å². The predicted molar refractivity (Wildman–Crippen MR) is 151 cm³/mol. The second-order valence-corrected chi connectivity index (χ2v) is 11.7. The van der Waals surface area contributed by atoms with Crippen molar-refractivity contribution in [1.29, 1.82) is 0 Å². The summed E-state index contributed by atoms with van der Waals surface area (Å²) < 4.78 is 41.9. The lowest BCUT2D eigenvalue weighted by atomic mass is 9.89. The minimum absolute atomic E-state index is 0.100. The highest BCUT2D eigenvalue weighted by Crippen LogP contribution is 2.34. The normalized spacial score (nSPS) is 21.3. The van der Waals surface area contributed by atoms with E-state index in [9.17, 15) is 18.0 Å². The summed E-state index contributed by atoms with van der Waals surface area (Å²) in [7, 11) is 0. The summed E-state index contributed by atoms with van der Waals surface area (Å²) in [6.07, 6.45) is 3.88. The average molecular weight is 554 g/mol. The zero-order valence-electron chi connectivity index (χ0n) is 23.0. The first-order valence-electron chi connectivity index (χ1n) is 14.8. The molecule has 1 aromatic heterocycles. The summed E-state index contributed by atoms with van der Waals surface area (Å²) in [5.74, 6) is 1.71. The molecule has 1 aliphatic carbocycles. The van der Waals surface area contributed by atoms with Crippen molar-refractivity contribution in [3.8, 4) is 0 Å². The van der Waals surface area contributed by atoms with Crippen LogP contribution < -0.4 is 9.80 Å². The van der Waals surface area contributed by atoms with Gasteiger partial charge in [0, 0.05) is 51.5 Å². The summed E-state index contributed by atoms with van der Waals surface area (Å²) in [4.78, 5) is 24.9. The summed E-state index contributed by atoms with van der Waals surface area (Å²) in [5, 5.41) is 0. The van der Waals surface area contributed by atoms with Crippen LogP contribution in [0.5, 0.6) is 0 Å². The van der Waals surface area contributed by atoms with Gasteiger partial charge in [0.05, 0.1) is 22.5 Å². The van der Waals surface area contributed by atoms with E-state index in [0.29, 0.717) is 44.3 Å². The molecule has 6 rings (SSSR count). The number of rotatable bonds is 5. The smallest absolute Gasteiger partial charge is 0.368 e. The third kappa shape index (κ3) is 5.65. The van der Waals surface area contributed by atoms with Crippen LogP contribution in [0.4, 0.5) is 24.8 Å². The van der Waals surface area contributed by atoms with E-state index in [0.717, 1.165) is 43.5 Å². The van der Waals surface area contributed by atoms with Gasteiger partial charge < -0.3 is 19.3 Å². The van der Waals surface area contributed by atoms with Gasteiger partial charge >= 0.3 is 6.18 Å². The molecule has 2 aliphatic heterocycles. The molecule has 3 aromatic rings. The fourth-order valence-electron chi connectivity index (χ4n) is 6.79. The molecule has 0 unspecified atom stereocenters. The highest BCUT2D eigenvalue weighted by molar-refractivity contribution is 5.81. The molecule has 0 N–H and O–H groups in total. The molecule has 1 amide bonds. The van der Waals surface area contributed by atoms with Crippen molar-refractivity contribution in [3.05, 3.63) is 54.1 Å². The predicted octanol–water partition coefficient (Wildman–Crippen LogP) is 6.20. The van der Waals surface area contributed by atoms with Crippen molar-refractivity contribution >= 4 is 28.6 Å². The van der Waals surface area contributed by atoms with Crippen LogP contribution in [0.25, 0.3) is 11.0 Å². The number of halogens is 3. The van der Waals surface area contributed by atoms with E-state index >= 15 is 0 Å². The number of amides is 1. The lowest BCUT2D eigenvalue weighted by Gasteiger charge is -2.40. The van der Waals surface area contributed by atoms with Gasteiger partial charge in [-0.05, 0) is 61.9 Å². The largest absolute Gasteiger partial charge is 0.416 e. The van der Waals surface area contributed by atoms with E-state index in [4.69, 9.17) is 4.98 Å². The fourth-order valence-corrected chi connectivity index (χ4v) is 6.79. The molecule has 2 aromatic carbocycles. The minimum atomic E-state index is -4.36. The number of piperazine rings is 1. The molecule has 3 fully saturated rings. The van der Waals surface area contributed by atoms with Crippen LogP contribution in [0.15, 0.2) is 48.5 Å². The Morgan fingerprint density at radius 3 is 2.40 bits per heavy atom. The molecule has 3 heterocycles. The Morgan fingerprint density at radius 2 is 1.62 bits per heavy atom. The molecule has 214 valence electrons. The van der Waals surface area contributed by atoms with Crippen LogP contribution >= 0.6 is 0 Å². The van der Waals surface area contributed by atoms with Crippen molar-refractivity contribution < 1.29 is 18.0 Å². The van der Waals surface area contributed by atoms with E-state index in [-0.39, 0.29) is 11.8 Å². The second kappa shape index (κ2) is 11.3. The first-order chi connectivity index (χ1) is 19.4. The monoisotopic (exact) mass is 553 g/mol. The first kappa shape index (κ1) is 27.0. The number of anilines is 2. The van der Waals surface area contributed by atoms with E-state index in [2.05, 4.69) is 27.7 Å². The van der Waals surface area contributed by atoms with Crippen molar-refractivity contribution in [2.75, 3.05) is 49.1 Å². The average Bonchev–Trinajstić information content (AvgIpc) is 3.35. The van der Waals surface area contributed by atoms with Crippen molar-refractivity contribution in [1.82, 2.24) is 14.5 Å². The van der Waals surface area contributed by atoms with Crippen molar-refractivity contribution in [2.24, 2.45) is 11.8 Å². The second-order valence-electron chi connectivity index (χ2n) is 11.7. The molecular weight excluding hydrogens is 515 g/mol. The first-order valence-corrected chi connectivity index (χ1v) is 14.8. The third-order valence-corrected chi connectivity index (χ3v) is 8.98. The molecule has 0 radical (unpaired) electrons. The highest BCUT2D eigenvalue weighted by Gasteiger charge is 2.34. The van der Waals surface area contributed by atoms with E-state index in [1.165, 1.54) is 49.8 Å². The zero-order valence-corrected chi connectivity index (χ0v) is 23.0. The van der Waals surface area contributed by atoms with Crippen molar-refractivity contribution in [2.45, 2.75) is 57.7 Å². The Bertz CT molecular complexity index is 1320. The van der Waals surface area contributed by atoms with Crippen LogP contribution in [-0.2, 0) is 17.5 Å². The van der Waals surface area contributed by atoms with Gasteiger partial charge in [0.1, 0.15) is 0 Å². The third-order valence-electron chi connectivity index (χ3n) is 8.98. The standard InChI is InChI=1S/C31H38F3N5O/c32-31(33,34)25-11-6-12-26(20-25)36-16-18-37(19-17-36)29(40)24-10-7-15-38(22-24)30-35-27-13-4-5-14-28(27)39(30)21-23-8-2-1-3-9-23/h4-6,11-14,20,23-24H,1-3,7-10,15-19,21-22H2/t24-/m0/s1. The maximum absolute atomic E-state index is 13.6. The number of aromatic nitrogens is 2. The molecule has 40 heavy (non-hydrogen) atoms. The van der Waals surface area contributed by atoms with Gasteiger partial charge in [0.2, 0.25) is 11.9 Å². The molecule has 6 nitrogen and oxygen atoms in total. The van der Waals surface area contributed by atoms with E-state index in [1.54, 1.807) is 6.07 Å². The Hall–Kier alpha value is -3.23. The summed E-state index contributed by atoms with van der Waals surface area (Å²) >= 11 is 0. The van der Waals surface area contributed by atoms with Gasteiger partial charge in [0.15, 0.2) is 0 Å². The number of alkyl halides is 3. The van der Waals surface area contributed by atoms with Crippen molar-refractivity contribution in [3.63, 3.8) is 0 Å². The number of nitrogens with zero attached hydrogens (tertiary/aromatic N) is 5. The maximum Gasteiger partial charge on any atom is 0.416 e. The number of carbonyl (C=O) groups excluding carboxylic acids is 1. The molecular formula is C31H38F3N5O. The number of piperidine rings is 1. The van der Waals surface area contributed by atoms with Crippen LogP contribution in [0, 0.1) is 11.8 Å². The summed E-state index contributed by atoms with van der Waals surface area (Å²) in [6.45, 7) is 4.61. The Morgan fingerprint density at radius 1 is 0.850 bits per heavy atom. The maximum atomic E-state index is 13.6. The number of benzene rings is 2. The summed E-state index contributed by atoms with van der Waals surface area (Å²) in [5.41, 5.74) is 2.10. The number of hydrogen-bond donors (Lipinski definition) is 0. The topological polar surface area (TPSA) is 44.6 Å². The Balaban J connectivity index is 1.13. The number of imidazole rings is 1. The molecule has 0 spiro atoms. The Kier molecular flexibility index (Phi) is 7.64. The fraction of sp³-hybridized carbons (Fsp3) is 0.548. The van der Waals surface area contributed by atoms with Gasteiger partial charge in [-0.1, -0.05) is 37.5 Å². The van der Waals surface area contributed by atoms with Gasteiger partial charge in [-0.2, -0.15) is 13.2 Å². The zero-order chi connectivity index (χ0) is 27.7. The molecule has 1 atom stereocenters. The van der Waals surface area contributed by atoms with E-state index < -0.39 is 11.7 Å². The number of fused-ring (bicyclic) bond motifs is 1. The van der Waals surface area contributed by atoms with Crippen LogP contribution in [0.2, 0.25) is 0 Å². The summed E-state index contributed by atoms with van der Waals surface area (Å²) in [6, 6.07) is 13.8. The molecule has 3 aliphatic rings. The SMILES string of the molecule is O=C([C@H]1CCCN(c2nc3ccccc3n2CC2CCCCC2)C1)N1CCN(c2cccc(C(F)(F)F)c2)CC1. The van der Waals surface area contributed by atoms with Gasteiger partial charge in [-0.25, -0.2) is 4.98 Å². The van der Waals surface area contributed by atoms with Gasteiger partial charge in [-0.3, -0.25) is 4.79 Å². The van der Waals surface area contributed by atoms with E-state index in [1.807, 2.05) is 15.9 Å². The molecule has 1 saturated carbocycles. The number of para-hydroxylation sites is 2. The molecule has 2 saturated heterocycles. The molecule has 9 heteroatoms. The number of hydrogen-bond acceptors (Lipinski definition) is 4. The lowest BCUT2D eigenvalue weighted by molar-refractivity contribution is -0.137. The Labute approximate surface area is 233 Å². The van der Waals surface area contributed by atoms with Gasteiger partial charge in [0.25, 0.3) is 0 Å². The quantitative estimate of drug-likeness (QED) is 0.378. The van der Waals surface area contributed by atoms with Crippen LogP contribution in [-0.4, -0.2) is 59.6 Å². The van der Waals surface area contributed by atoms with Crippen LogP contribution in [0.3, 0.4) is 0 Å². The minimum Gasteiger partial charge on any atom is -0.368 e. The molecule has 0 bridgehead atoms. The lowest BCUT2D eigenvalue weighted by Crippen LogP contribution is -2.52. The van der Waals surface area contributed by atoms with Crippen LogP contribution in [0.1, 0.15) is 50.5 Å². The number of carbonyl (C=O) groups is 1.